The summed E-state index contributed by atoms with van der Waals surface area (Å²) >= 11 is 9.00. The van der Waals surface area contributed by atoms with Crippen molar-refractivity contribution in [3.8, 4) is 0 Å². The molecule has 0 radical (unpaired) electrons. The summed E-state index contributed by atoms with van der Waals surface area (Å²) in [5.41, 5.74) is 1.48. The summed E-state index contributed by atoms with van der Waals surface area (Å²) in [5, 5.41) is 0. The lowest BCUT2D eigenvalue weighted by Gasteiger charge is -2.06. The highest BCUT2D eigenvalue weighted by molar-refractivity contribution is 9.10. The standard InChI is InChI=1S/C14H11BrClFN2O/c15-10-6-12-13(7-11(10)17)19(14(18-12)3-4-16)8-9-2-1-5-20-9/h1-2,5-7H,3-4,8H2. The zero-order valence-electron chi connectivity index (χ0n) is 10.4. The fraction of sp³-hybridized carbons (Fsp3) is 0.214. The first kappa shape index (κ1) is 13.6. The second-order valence-corrected chi connectivity index (χ2v) is 5.62. The molecule has 2 heterocycles. The minimum Gasteiger partial charge on any atom is -0.467 e. The smallest absolute Gasteiger partial charge is 0.139 e. The van der Waals surface area contributed by atoms with Crippen LogP contribution in [-0.4, -0.2) is 15.4 Å². The summed E-state index contributed by atoms with van der Waals surface area (Å²) in [5.74, 6) is 1.77. The molecule has 0 unspecified atom stereocenters. The Labute approximate surface area is 128 Å². The van der Waals surface area contributed by atoms with Crippen LogP contribution in [0, 0.1) is 5.82 Å². The highest BCUT2D eigenvalue weighted by Gasteiger charge is 2.14. The van der Waals surface area contributed by atoms with E-state index in [9.17, 15) is 4.39 Å². The van der Waals surface area contributed by atoms with E-state index in [1.807, 2.05) is 16.7 Å². The van der Waals surface area contributed by atoms with Gasteiger partial charge in [0.2, 0.25) is 0 Å². The third-order valence-corrected chi connectivity index (χ3v) is 3.88. The van der Waals surface area contributed by atoms with Gasteiger partial charge in [0.15, 0.2) is 0 Å². The normalized spacial score (nSPS) is 11.3. The molecular formula is C14H11BrClFN2O. The molecule has 3 nitrogen and oxygen atoms in total. The number of imidazole rings is 1. The Balaban J connectivity index is 2.15. The van der Waals surface area contributed by atoms with E-state index < -0.39 is 0 Å². The molecule has 0 bridgehead atoms. The van der Waals surface area contributed by atoms with E-state index in [-0.39, 0.29) is 5.82 Å². The second kappa shape index (κ2) is 5.58. The van der Waals surface area contributed by atoms with Crippen molar-refractivity contribution >= 4 is 38.6 Å². The topological polar surface area (TPSA) is 31.0 Å². The minimum atomic E-state index is -0.310. The first-order valence-electron chi connectivity index (χ1n) is 6.11. The molecule has 0 aliphatic heterocycles. The van der Waals surface area contributed by atoms with Gasteiger partial charge in [-0.15, -0.1) is 11.6 Å². The molecular weight excluding hydrogens is 347 g/mol. The number of hydrogen-bond acceptors (Lipinski definition) is 2. The molecule has 0 aliphatic rings. The summed E-state index contributed by atoms with van der Waals surface area (Å²) in [6, 6.07) is 6.87. The minimum absolute atomic E-state index is 0.310. The van der Waals surface area contributed by atoms with Gasteiger partial charge in [-0.3, -0.25) is 0 Å². The average Bonchev–Trinajstić information content (AvgIpc) is 3.02. The van der Waals surface area contributed by atoms with Crippen molar-refractivity contribution in [1.29, 1.82) is 0 Å². The lowest BCUT2D eigenvalue weighted by molar-refractivity contribution is 0.492. The van der Waals surface area contributed by atoms with Crippen molar-refractivity contribution in [2.45, 2.75) is 13.0 Å². The quantitative estimate of drug-likeness (QED) is 0.650. The van der Waals surface area contributed by atoms with E-state index >= 15 is 0 Å². The van der Waals surface area contributed by atoms with Gasteiger partial charge in [-0.1, -0.05) is 0 Å². The maximum Gasteiger partial charge on any atom is 0.139 e. The van der Waals surface area contributed by atoms with Crippen molar-refractivity contribution < 1.29 is 8.81 Å². The molecule has 3 rings (SSSR count). The highest BCUT2D eigenvalue weighted by atomic mass is 79.9. The van der Waals surface area contributed by atoms with Crippen LogP contribution in [0.25, 0.3) is 11.0 Å². The monoisotopic (exact) mass is 356 g/mol. The van der Waals surface area contributed by atoms with E-state index in [1.54, 1.807) is 12.3 Å². The van der Waals surface area contributed by atoms with Gasteiger partial charge in [-0.2, -0.15) is 0 Å². The van der Waals surface area contributed by atoms with Gasteiger partial charge in [-0.05, 0) is 34.1 Å². The Morgan fingerprint density at radius 2 is 2.25 bits per heavy atom. The van der Waals surface area contributed by atoms with E-state index in [1.165, 1.54) is 6.07 Å². The maximum absolute atomic E-state index is 13.8. The molecule has 0 spiro atoms. The van der Waals surface area contributed by atoms with Gasteiger partial charge < -0.3 is 8.98 Å². The van der Waals surface area contributed by atoms with Crippen LogP contribution in [0.15, 0.2) is 39.4 Å². The summed E-state index contributed by atoms with van der Waals surface area (Å²) in [6.07, 6.45) is 2.24. The van der Waals surface area contributed by atoms with Crippen LogP contribution in [-0.2, 0) is 13.0 Å². The number of aromatic nitrogens is 2. The molecule has 0 N–H and O–H groups in total. The summed E-state index contributed by atoms with van der Waals surface area (Å²) in [7, 11) is 0. The summed E-state index contributed by atoms with van der Waals surface area (Å²) < 4.78 is 21.5. The number of fused-ring (bicyclic) bond motifs is 1. The van der Waals surface area contributed by atoms with Crippen LogP contribution in [0.1, 0.15) is 11.6 Å². The molecule has 0 atom stereocenters. The van der Waals surface area contributed by atoms with Crippen LogP contribution in [0.4, 0.5) is 4.39 Å². The largest absolute Gasteiger partial charge is 0.467 e. The van der Waals surface area contributed by atoms with Gasteiger partial charge >= 0.3 is 0 Å². The van der Waals surface area contributed by atoms with E-state index in [0.717, 1.165) is 22.6 Å². The Hall–Kier alpha value is -1.33. The number of aryl methyl sites for hydroxylation is 1. The molecule has 2 aromatic heterocycles. The fourth-order valence-electron chi connectivity index (χ4n) is 2.18. The molecule has 0 fully saturated rings. The number of halogens is 3. The molecule has 0 saturated heterocycles. The van der Waals surface area contributed by atoms with Gasteiger partial charge in [0.05, 0.1) is 28.3 Å². The summed E-state index contributed by atoms with van der Waals surface area (Å²) in [6.45, 7) is 0.511. The third-order valence-electron chi connectivity index (χ3n) is 3.08. The van der Waals surface area contributed by atoms with E-state index in [2.05, 4.69) is 20.9 Å². The van der Waals surface area contributed by atoms with Crippen LogP contribution < -0.4 is 0 Å². The van der Waals surface area contributed by atoms with Crippen molar-refractivity contribution in [3.05, 3.63) is 52.4 Å². The molecule has 104 valence electrons. The Bertz CT molecular complexity index is 739. The van der Waals surface area contributed by atoms with Crippen molar-refractivity contribution in [1.82, 2.24) is 9.55 Å². The van der Waals surface area contributed by atoms with Crippen LogP contribution >= 0.6 is 27.5 Å². The van der Waals surface area contributed by atoms with Gasteiger partial charge in [0.25, 0.3) is 0 Å². The lowest BCUT2D eigenvalue weighted by Crippen LogP contribution is -2.05. The van der Waals surface area contributed by atoms with Gasteiger partial charge in [0.1, 0.15) is 17.4 Å². The molecule has 6 heteroatoms. The number of hydrogen-bond donors (Lipinski definition) is 0. The highest BCUT2D eigenvalue weighted by Crippen LogP contribution is 2.25. The molecule has 20 heavy (non-hydrogen) atoms. The second-order valence-electron chi connectivity index (χ2n) is 4.39. The molecule has 0 amide bonds. The fourth-order valence-corrected chi connectivity index (χ4v) is 2.68. The average molecular weight is 358 g/mol. The lowest BCUT2D eigenvalue weighted by atomic mass is 10.3. The molecule has 3 aromatic rings. The molecule has 1 aromatic carbocycles. The first-order chi connectivity index (χ1) is 9.69. The number of furan rings is 1. The van der Waals surface area contributed by atoms with Gasteiger partial charge in [0, 0.05) is 18.4 Å². The Morgan fingerprint density at radius 1 is 1.40 bits per heavy atom. The van der Waals surface area contributed by atoms with Gasteiger partial charge in [-0.25, -0.2) is 9.37 Å². The predicted octanol–water partition coefficient (Wildman–Crippen LogP) is 4.36. The number of benzene rings is 1. The Morgan fingerprint density at radius 3 is 2.95 bits per heavy atom. The third kappa shape index (κ3) is 2.47. The zero-order valence-corrected chi connectivity index (χ0v) is 12.8. The van der Waals surface area contributed by atoms with Crippen molar-refractivity contribution in [2.75, 3.05) is 5.88 Å². The summed E-state index contributed by atoms with van der Waals surface area (Å²) in [4.78, 5) is 4.53. The number of rotatable bonds is 4. The van der Waals surface area contributed by atoms with Crippen LogP contribution in [0.3, 0.4) is 0 Å². The van der Waals surface area contributed by atoms with Crippen molar-refractivity contribution in [3.63, 3.8) is 0 Å². The maximum atomic E-state index is 13.8. The van der Waals surface area contributed by atoms with E-state index in [0.29, 0.717) is 23.3 Å². The van der Waals surface area contributed by atoms with Crippen molar-refractivity contribution in [2.24, 2.45) is 0 Å². The Kier molecular flexibility index (Phi) is 3.81. The zero-order chi connectivity index (χ0) is 14.1. The molecule has 0 saturated carbocycles. The number of nitrogens with zero attached hydrogens (tertiary/aromatic N) is 2. The SMILES string of the molecule is Fc1cc2c(cc1Br)nc(CCCl)n2Cc1ccco1. The first-order valence-corrected chi connectivity index (χ1v) is 7.44. The predicted molar refractivity (Wildman–Crippen MR) is 79.6 cm³/mol. The van der Waals surface area contributed by atoms with Crippen LogP contribution in [0.5, 0.6) is 0 Å². The van der Waals surface area contributed by atoms with E-state index in [4.69, 9.17) is 16.0 Å². The molecule has 0 aliphatic carbocycles. The van der Waals surface area contributed by atoms with Crippen LogP contribution in [0.2, 0.25) is 0 Å². The number of alkyl halides is 1.